The van der Waals surface area contributed by atoms with E-state index in [1.165, 1.54) is 12.1 Å². The zero-order valence-corrected chi connectivity index (χ0v) is 14.1. The average Bonchev–Trinajstić information content (AvgIpc) is 2.86. The van der Waals surface area contributed by atoms with Gasteiger partial charge in [-0.2, -0.15) is 0 Å². The van der Waals surface area contributed by atoms with Crippen LogP contribution < -0.4 is 10.1 Å². The zero-order chi connectivity index (χ0) is 18.0. The van der Waals surface area contributed by atoms with E-state index in [4.69, 9.17) is 0 Å². The fraction of sp³-hybridized carbons (Fsp3) is 0.588. The van der Waals surface area contributed by atoms with Crippen LogP contribution in [0.3, 0.4) is 0 Å². The number of rotatable bonds is 4. The number of nitrogens with one attached hydrogen (secondary N) is 1. The summed E-state index contributed by atoms with van der Waals surface area (Å²) in [6, 6.07) is 5.85. The standard InChI is InChI=1S/C17H23F3N2O2/c1-16(2,3)21-15(23)13-8-9-22(11-13)10-12-4-6-14(7-5-12)24-17(18,19)20/h4-7,13H,8-11H2,1-3H3,(H,21,23). The van der Waals surface area contributed by atoms with Crippen molar-refractivity contribution in [3.8, 4) is 5.75 Å². The number of alkyl halides is 3. The van der Waals surface area contributed by atoms with Crippen molar-refractivity contribution in [1.29, 1.82) is 0 Å². The highest BCUT2D eigenvalue weighted by molar-refractivity contribution is 5.79. The number of halogens is 3. The Morgan fingerprint density at radius 2 is 1.88 bits per heavy atom. The molecular formula is C17H23F3N2O2. The van der Waals surface area contributed by atoms with E-state index in [9.17, 15) is 18.0 Å². The summed E-state index contributed by atoms with van der Waals surface area (Å²) < 4.78 is 40.3. The summed E-state index contributed by atoms with van der Waals surface area (Å²) in [6.45, 7) is 7.89. The van der Waals surface area contributed by atoms with Crippen LogP contribution in [0.4, 0.5) is 13.2 Å². The van der Waals surface area contributed by atoms with Crippen molar-refractivity contribution in [3.63, 3.8) is 0 Å². The Hall–Kier alpha value is -1.76. The van der Waals surface area contributed by atoms with Gasteiger partial charge >= 0.3 is 6.36 Å². The molecule has 2 rings (SSSR count). The van der Waals surface area contributed by atoms with Gasteiger partial charge in [-0.15, -0.1) is 13.2 Å². The van der Waals surface area contributed by atoms with Gasteiger partial charge in [-0.05, 0) is 51.4 Å². The average molecular weight is 344 g/mol. The summed E-state index contributed by atoms with van der Waals surface area (Å²) in [4.78, 5) is 14.3. The maximum atomic E-state index is 12.2. The quantitative estimate of drug-likeness (QED) is 0.911. The lowest BCUT2D eigenvalue weighted by Gasteiger charge is -2.23. The van der Waals surface area contributed by atoms with E-state index < -0.39 is 6.36 Å². The minimum absolute atomic E-state index is 0.0444. The molecule has 1 atom stereocenters. The SMILES string of the molecule is CC(C)(C)NC(=O)C1CCN(Cc2ccc(OC(F)(F)F)cc2)C1. The molecule has 7 heteroatoms. The lowest BCUT2D eigenvalue weighted by Crippen LogP contribution is -2.44. The summed E-state index contributed by atoms with van der Waals surface area (Å²) in [7, 11) is 0. The largest absolute Gasteiger partial charge is 0.573 e. The summed E-state index contributed by atoms with van der Waals surface area (Å²) >= 11 is 0. The first-order chi connectivity index (χ1) is 11.0. The van der Waals surface area contributed by atoms with Crippen molar-refractivity contribution in [2.75, 3.05) is 13.1 Å². The van der Waals surface area contributed by atoms with E-state index in [1.54, 1.807) is 12.1 Å². The van der Waals surface area contributed by atoms with Crippen molar-refractivity contribution >= 4 is 5.91 Å². The maximum absolute atomic E-state index is 12.2. The van der Waals surface area contributed by atoms with Crippen LogP contribution in [0.15, 0.2) is 24.3 Å². The summed E-state index contributed by atoms with van der Waals surface area (Å²) in [5.41, 5.74) is 0.639. The first kappa shape index (κ1) is 18.6. The second kappa shape index (κ2) is 7.01. The number of carbonyl (C=O) groups excluding carboxylic acids is 1. The van der Waals surface area contributed by atoms with Gasteiger partial charge in [0.1, 0.15) is 5.75 Å². The molecule has 4 nitrogen and oxygen atoms in total. The molecule has 1 fully saturated rings. The van der Waals surface area contributed by atoms with Crippen LogP contribution in [-0.4, -0.2) is 35.8 Å². The van der Waals surface area contributed by atoms with Gasteiger partial charge in [0.15, 0.2) is 0 Å². The Morgan fingerprint density at radius 1 is 1.25 bits per heavy atom. The molecule has 0 aromatic heterocycles. The molecule has 0 bridgehead atoms. The third-order valence-electron chi connectivity index (χ3n) is 3.70. The molecule has 1 saturated heterocycles. The van der Waals surface area contributed by atoms with Gasteiger partial charge < -0.3 is 10.1 Å². The van der Waals surface area contributed by atoms with Gasteiger partial charge in [0.2, 0.25) is 5.91 Å². The van der Waals surface area contributed by atoms with Crippen molar-refractivity contribution in [3.05, 3.63) is 29.8 Å². The molecular weight excluding hydrogens is 321 g/mol. The highest BCUT2D eigenvalue weighted by atomic mass is 19.4. The van der Waals surface area contributed by atoms with E-state index in [-0.39, 0.29) is 23.1 Å². The highest BCUT2D eigenvalue weighted by Gasteiger charge is 2.31. The molecule has 1 N–H and O–H groups in total. The number of benzene rings is 1. The maximum Gasteiger partial charge on any atom is 0.573 e. The topological polar surface area (TPSA) is 41.6 Å². The van der Waals surface area contributed by atoms with Crippen LogP contribution in [-0.2, 0) is 11.3 Å². The Bertz CT molecular complexity index is 565. The Kier molecular flexibility index (Phi) is 5.42. The highest BCUT2D eigenvalue weighted by Crippen LogP contribution is 2.24. The van der Waals surface area contributed by atoms with Crippen molar-refractivity contribution in [2.45, 2.75) is 45.6 Å². The number of amides is 1. The second-order valence-electron chi connectivity index (χ2n) is 7.15. The predicted octanol–water partition coefficient (Wildman–Crippen LogP) is 3.32. The number of hydrogen-bond acceptors (Lipinski definition) is 3. The van der Waals surface area contributed by atoms with E-state index in [0.717, 1.165) is 18.5 Å². The Labute approximate surface area is 140 Å². The Balaban J connectivity index is 1.86. The molecule has 1 aliphatic rings. The molecule has 0 aliphatic carbocycles. The fourth-order valence-electron chi connectivity index (χ4n) is 2.72. The number of carbonyl (C=O) groups is 1. The minimum Gasteiger partial charge on any atom is -0.406 e. The number of nitrogens with zero attached hydrogens (tertiary/aromatic N) is 1. The zero-order valence-electron chi connectivity index (χ0n) is 14.1. The van der Waals surface area contributed by atoms with Crippen LogP contribution in [0.2, 0.25) is 0 Å². The number of hydrogen-bond donors (Lipinski definition) is 1. The third kappa shape index (κ3) is 6.03. The number of ether oxygens (including phenoxy) is 1. The summed E-state index contributed by atoms with van der Waals surface area (Å²) in [5.74, 6) is -0.217. The van der Waals surface area contributed by atoms with Crippen LogP contribution in [0.5, 0.6) is 5.75 Å². The second-order valence-corrected chi connectivity index (χ2v) is 7.15. The molecule has 1 heterocycles. The predicted molar refractivity (Wildman–Crippen MR) is 84.4 cm³/mol. The first-order valence-electron chi connectivity index (χ1n) is 7.91. The van der Waals surface area contributed by atoms with E-state index in [2.05, 4.69) is 15.0 Å². The molecule has 1 amide bonds. The van der Waals surface area contributed by atoms with Crippen LogP contribution in [0, 0.1) is 5.92 Å². The van der Waals surface area contributed by atoms with Crippen molar-refractivity contribution < 1.29 is 22.7 Å². The van der Waals surface area contributed by atoms with Crippen LogP contribution in [0.1, 0.15) is 32.8 Å². The van der Waals surface area contributed by atoms with Gasteiger partial charge in [0, 0.05) is 18.6 Å². The third-order valence-corrected chi connectivity index (χ3v) is 3.70. The van der Waals surface area contributed by atoms with Crippen molar-refractivity contribution in [1.82, 2.24) is 10.2 Å². The molecule has 0 saturated carbocycles. The van der Waals surface area contributed by atoms with Gasteiger partial charge in [0.25, 0.3) is 0 Å². The van der Waals surface area contributed by atoms with Gasteiger partial charge in [-0.1, -0.05) is 12.1 Å². The molecule has 1 aromatic rings. The molecule has 0 radical (unpaired) electrons. The van der Waals surface area contributed by atoms with E-state index in [0.29, 0.717) is 13.1 Å². The fourth-order valence-corrected chi connectivity index (χ4v) is 2.72. The monoisotopic (exact) mass is 344 g/mol. The Morgan fingerprint density at radius 3 is 2.42 bits per heavy atom. The molecule has 24 heavy (non-hydrogen) atoms. The molecule has 0 spiro atoms. The molecule has 134 valence electrons. The van der Waals surface area contributed by atoms with Crippen LogP contribution >= 0.6 is 0 Å². The minimum atomic E-state index is -4.68. The number of likely N-dealkylation sites (tertiary alicyclic amines) is 1. The lowest BCUT2D eigenvalue weighted by molar-refractivity contribution is -0.274. The normalized spacial score (nSPS) is 19.3. The van der Waals surface area contributed by atoms with Gasteiger partial charge in [0.05, 0.1) is 5.92 Å². The van der Waals surface area contributed by atoms with E-state index in [1.807, 2.05) is 20.8 Å². The lowest BCUT2D eigenvalue weighted by atomic mass is 10.0. The molecule has 1 unspecified atom stereocenters. The molecule has 1 aliphatic heterocycles. The van der Waals surface area contributed by atoms with Gasteiger partial charge in [-0.3, -0.25) is 9.69 Å². The molecule has 1 aromatic carbocycles. The van der Waals surface area contributed by atoms with Crippen LogP contribution in [0.25, 0.3) is 0 Å². The summed E-state index contributed by atoms with van der Waals surface area (Å²) in [6.07, 6.45) is -3.89. The van der Waals surface area contributed by atoms with E-state index >= 15 is 0 Å². The smallest absolute Gasteiger partial charge is 0.406 e. The van der Waals surface area contributed by atoms with Crippen molar-refractivity contribution in [2.24, 2.45) is 5.92 Å². The first-order valence-corrected chi connectivity index (χ1v) is 7.91. The summed E-state index contributed by atoms with van der Waals surface area (Å²) in [5, 5.41) is 2.99. The van der Waals surface area contributed by atoms with Gasteiger partial charge in [-0.25, -0.2) is 0 Å².